The molecule has 128 valence electrons. The Labute approximate surface area is 117 Å². The summed E-state index contributed by atoms with van der Waals surface area (Å²) in [5, 5.41) is 0. The fourth-order valence-electron chi connectivity index (χ4n) is 0. The molecule has 14 nitrogen and oxygen atoms in total. The van der Waals surface area contributed by atoms with Gasteiger partial charge in [0.2, 0.25) is 0 Å². The van der Waals surface area contributed by atoms with E-state index in [0.29, 0.717) is 0 Å². The van der Waals surface area contributed by atoms with Crippen molar-refractivity contribution in [3.05, 3.63) is 0 Å². The molecule has 0 amide bonds. The zero-order valence-electron chi connectivity index (χ0n) is 9.35. The van der Waals surface area contributed by atoms with Crippen LogP contribution in [-0.2, 0) is 25.5 Å². The smallest absolute Gasteiger partial charge is 0.322 e. The summed E-state index contributed by atoms with van der Waals surface area (Å²) in [5.41, 5.74) is 3.91. The van der Waals surface area contributed by atoms with Crippen molar-refractivity contribution in [3.8, 4) is 0 Å². The van der Waals surface area contributed by atoms with Crippen LogP contribution in [0.4, 0.5) is 0 Å². The maximum Gasteiger partial charge on any atom is 0.322 e. The van der Waals surface area contributed by atoms with Crippen molar-refractivity contribution in [1.29, 1.82) is 0 Å². The maximum absolute atomic E-state index is 9.33. The maximum atomic E-state index is 9.33. The highest BCUT2D eigenvalue weighted by atomic mass is 32.5. The number of hydrogen-bond acceptors (Lipinski definition) is 7. The van der Waals surface area contributed by atoms with Crippen molar-refractivity contribution in [2.24, 2.45) is 5.50 Å². The van der Waals surface area contributed by atoms with Crippen molar-refractivity contribution < 1.29 is 62.6 Å². The standard InChI is InChI=1S/CH5O3P.H4NO3P.H3O4P.H3O3PS/c3*1-5(2,3)4;1-4(2,3)5/h1H3,(H2,2,3,4);(H4,1,2,3,4);(H3,1,2,3,4);(H3,1,2,3,5)/p-3. The van der Waals surface area contributed by atoms with Gasteiger partial charge >= 0.3 is 7.60 Å². The van der Waals surface area contributed by atoms with Gasteiger partial charge in [0.25, 0.3) is 7.82 Å². The van der Waals surface area contributed by atoms with Gasteiger partial charge in [-0.15, -0.1) is 0 Å². The van der Waals surface area contributed by atoms with E-state index >= 15 is 0 Å². The predicted octanol–water partition coefficient (Wildman–Crippen LogP) is -4.81. The second kappa shape index (κ2) is 11.5. The molecule has 0 spiro atoms. The molecule has 0 aliphatic rings. The highest BCUT2D eigenvalue weighted by molar-refractivity contribution is 8.05. The molecule has 0 aliphatic carbocycles. The van der Waals surface area contributed by atoms with Crippen molar-refractivity contribution >= 4 is 41.7 Å². The predicted molar refractivity (Wildman–Crippen MR) is 62.7 cm³/mol. The first kappa shape index (κ1) is 29.0. The zero-order chi connectivity index (χ0) is 18.0. The third-order valence-corrected chi connectivity index (χ3v) is 0. The number of phosphoric acid groups is 1. The Balaban J connectivity index is -0.0000000853. The fraction of sp³-hybridized carbons (Fsp3) is 1.00. The second-order valence-electron chi connectivity index (χ2n) is 2.38. The molecule has 0 aromatic carbocycles. The molecule has 0 aromatic heterocycles. The van der Waals surface area contributed by atoms with Gasteiger partial charge in [-0.25, -0.2) is 0 Å². The molecule has 1 atom stereocenters. The van der Waals surface area contributed by atoms with E-state index in [1.165, 1.54) is 0 Å². The van der Waals surface area contributed by atoms with Gasteiger partial charge in [0.1, 0.15) is 6.72 Å². The van der Waals surface area contributed by atoms with Crippen LogP contribution in [-0.4, -0.2) is 40.9 Å². The van der Waals surface area contributed by atoms with E-state index in [9.17, 15) is 4.57 Å². The summed E-state index contributed by atoms with van der Waals surface area (Å²) in [4.78, 5) is 78.5. The first-order chi connectivity index (χ1) is 8.00. The van der Waals surface area contributed by atoms with Crippen LogP contribution >= 0.6 is 29.9 Å². The lowest BCUT2D eigenvalue weighted by atomic mass is 12.0. The second-order valence-corrected chi connectivity index (χ2v) is 8.57. The molecule has 19 heteroatoms. The average Bonchev–Trinajstić information content (AvgIpc) is 1.62. The number of hydrogen-bond donors (Lipinski definition) is 8. The summed E-state index contributed by atoms with van der Waals surface area (Å²) >= 11 is 3.49. The minimum atomic E-state index is -4.89. The Morgan fingerprint density at radius 3 is 0.850 bits per heavy atom. The van der Waals surface area contributed by atoms with Gasteiger partial charge in [-0.3, -0.25) is 19.2 Å². The molecular weight excluding hydrogens is 390 g/mol. The topological polar surface area (TPSA) is 288 Å². The zero-order valence-corrected chi connectivity index (χ0v) is 13.7. The molecule has 9 N–H and O–H groups in total. The monoisotopic (exact) mass is 402 g/mol. The van der Waals surface area contributed by atoms with Gasteiger partial charge in [-0.05, 0) is 0 Å². The van der Waals surface area contributed by atoms with Crippen molar-refractivity contribution in [2.75, 3.05) is 6.66 Å². The molecule has 0 aliphatic heterocycles. The molecule has 20 heavy (non-hydrogen) atoms. The highest BCUT2D eigenvalue weighted by Gasteiger charge is 1.95. The molecule has 0 saturated carbocycles. The lowest BCUT2D eigenvalue weighted by Gasteiger charge is -2.07. The largest absolute Gasteiger partial charge is 0.780 e. The number of rotatable bonds is 0. The summed E-state index contributed by atoms with van der Waals surface area (Å²) in [6.45, 7) is -3.20. The Hall–Kier alpha value is 0.900. The van der Waals surface area contributed by atoms with Crippen molar-refractivity contribution in [3.63, 3.8) is 0 Å². The molecular formula is CH12NO13P4S-3. The van der Waals surface area contributed by atoms with Gasteiger partial charge in [-0.2, -0.15) is 0 Å². The minimum absolute atomic E-state index is 0.854. The first-order valence-corrected chi connectivity index (χ1v) is 11.2. The van der Waals surface area contributed by atoms with Crippen LogP contribution in [0.3, 0.4) is 0 Å². The average molecular weight is 402 g/mol. The SMILES string of the molecule is CP(=O)(O)O.NP(=O)([O-])O.O=P([O-])(O)O.[O-]P(O)(O)=S. The van der Waals surface area contributed by atoms with E-state index in [-0.39, 0.29) is 0 Å². The van der Waals surface area contributed by atoms with Crippen LogP contribution in [0.2, 0.25) is 0 Å². The Bertz CT molecular complexity index is 295. The van der Waals surface area contributed by atoms with Crippen LogP contribution in [0.1, 0.15) is 0 Å². The third kappa shape index (κ3) is 7480. The summed E-state index contributed by atoms with van der Waals surface area (Å²) in [5.74, 6) is 0. The normalized spacial score (nSPS) is 14.2. The van der Waals surface area contributed by atoms with E-state index in [0.717, 1.165) is 6.66 Å². The van der Waals surface area contributed by atoms with E-state index < -0.39 is 29.9 Å². The first-order valence-electron chi connectivity index (χ1n) is 3.38. The van der Waals surface area contributed by atoms with Gasteiger partial charge in [-0.1, -0.05) is 11.8 Å². The number of nitrogens with two attached hydrogens (primary N) is 1. The molecule has 0 rings (SSSR count). The van der Waals surface area contributed by atoms with Crippen molar-refractivity contribution in [1.82, 2.24) is 0 Å². The lowest BCUT2D eigenvalue weighted by molar-refractivity contribution is -0.214. The van der Waals surface area contributed by atoms with E-state index in [4.69, 9.17) is 58.1 Å². The van der Waals surface area contributed by atoms with Crippen molar-refractivity contribution in [2.45, 2.75) is 0 Å². The summed E-state index contributed by atoms with van der Waals surface area (Å²) < 4.78 is 27.1. The molecule has 0 aromatic rings. The van der Waals surface area contributed by atoms with Crippen LogP contribution in [0.15, 0.2) is 0 Å². The Morgan fingerprint density at radius 1 is 0.850 bits per heavy atom. The van der Waals surface area contributed by atoms with E-state index in [1.807, 2.05) is 0 Å². The molecule has 0 saturated heterocycles. The molecule has 0 heterocycles. The summed E-state index contributed by atoms with van der Waals surface area (Å²) in [6.07, 6.45) is 0. The van der Waals surface area contributed by atoms with Gasteiger partial charge in [0.05, 0.1) is 0 Å². The van der Waals surface area contributed by atoms with E-state index in [1.54, 1.807) is 0 Å². The summed E-state index contributed by atoms with van der Waals surface area (Å²) in [7, 11) is -12.9. The van der Waals surface area contributed by atoms with Crippen LogP contribution < -0.4 is 20.2 Å². The van der Waals surface area contributed by atoms with Gasteiger partial charge < -0.3 is 48.9 Å². The lowest BCUT2D eigenvalue weighted by Crippen LogP contribution is -2.06. The quantitative estimate of drug-likeness (QED) is 0.176. The van der Waals surface area contributed by atoms with Gasteiger partial charge in [0.15, 0.2) is 7.75 Å². The molecule has 0 radical (unpaired) electrons. The molecule has 0 bridgehead atoms. The van der Waals surface area contributed by atoms with Gasteiger partial charge in [0, 0.05) is 6.66 Å². The summed E-state index contributed by atoms with van der Waals surface area (Å²) in [6, 6.07) is 0. The highest BCUT2D eigenvalue weighted by Crippen LogP contribution is 2.26. The van der Waals surface area contributed by atoms with Crippen LogP contribution in [0, 0.1) is 0 Å². The molecule has 0 fully saturated rings. The third-order valence-electron chi connectivity index (χ3n) is 0. The van der Waals surface area contributed by atoms with Crippen LogP contribution in [0.5, 0.6) is 0 Å². The fourth-order valence-corrected chi connectivity index (χ4v) is 0. The van der Waals surface area contributed by atoms with Crippen LogP contribution in [0.25, 0.3) is 0 Å². The Kier molecular flexibility index (Phi) is 16.6. The molecule has 1 unspecified atom stereocenters. The Morgan fingerprint density at radius 2 is 0.850 bits per heavy atom. The van der Waals surface area contributed by atoms with E-state index in [2.05, 4.69) is 17.3 Å². The minimum Gasteiger partial charge on any atom is -0.780 e.